The van der Waals surface area contributed by atoms with Crippen molar-refractivity contribution in [3.8, 4) is 0 Å². The van der Waals surface area contributed by atoms with Gasteiger partial charge >= 0.3 is 6.03 Å². The standard InChI is InChI=1S/C16H19N3O3/c1-2-10-17-14(20)11-19-15(21)13(18-16(19)22)9-8-12-6-4-3-5-7-12/h2-7,13H,1,8-11H2,(H,17,20)(H,18,22)/t13-/m1/s1. The van der Waals surface area contributed by atoms with Gasteiger partial charge in [-0.1, -0.05) is 36.4 Å². The third kappa shape index (κ3) is 3.94. The molecule has 6 heteroatoms. The SMILES string of the molecule is C=CCNC(=O)CN1C(=O)N[C@H](CCc2ccccc2)C1=O. The maximum Gasteiger partial charge on any atom is 0.325 e. The van der Waals surface area contributed by atoms with Crippen LogP contribution in [0.4, 0.5) is 4.79 Å². The zero-order valence-corrected chi connectivity index (χ0v) is 12.2. The fourth-order valence-electron chi connectivity index (χ4n) is 2.26. The van der Waals surface area contributed by atoms with Crippen molar-refractivity contribution in [3.05, 3.63) is 48.6 Å². The number of nitrogens with zero attached hydrogens (tertiary/aromatic N) is 1. The molecule has 0 spiro atoms. The van der Waals surface area contributed by atoms with Crippen LogP contribution in [-0.4, -0.2) is 41.9 Å². The topological polar surface area (TPSA) is 78.5 Å². The van der Waals surface area contributed by atoms with Crippen LogP contribution in [0.1, 0.15) is 12.0 Å². The Morgan fingerprint density at radius 1 is 1.32 bits per heavy atom. The molecule has 2 rings (SSSR count). The molecule has 0 bridgehead atoms. The fraction of sp³-hybridized carbons (Fsp3) is 0.312. The van der Waals surface area contributed by atoms with Crippen molar-refractivity contribution in [3.63, 3.8) is 0 Å². The van der Waals surface area contributed by atoms with Gasteiger partial charge in [-0.25, -0.2) is 4.79 Å². The Hall–Kier alpha value is -2.63. The molecule has 1 saturated heterocycles. The summed E-state index contributed by atoms with van der Waals surface area (Å²) in [5.41, 5.74) is 1.10. The smallest absolute Gasteiger partial charge is 0.325 e. The summed E-state index contributed by atoms with van der Waals surface area (Å²) in [5, 5.41) is 5.16. The van der Waals surface area contributed by atoms with Crippen LogP contribution in [0.5, 0.6) is 0 Å². The van der Waals surface area contributed by atoms with Crippen LogP contribution in [-0.2, 0) is 16.0 Å². The van der Waals surface area contributed by atoms with Gasteiger partial charge in [-0.05, 0) is 18.4 Å². The first-order chi connectivity index (χ1) is 10.6. The molecule has 1 atom stereocenters. The molecule has 1 fully saturated rings. The van der Waals surface area contributed by atoms with E-state index in [0.29, 0.717) is 19.4 Å². The molecule has 4 amide bonds. The van der Waals surface area contributed by atoms with E-state index in [2.05, 4.69) is 17.2 Å². The zero-order chi connectivity index (χ0) is 15.9. The van der Waals surface area contributed by atoms with Crippen molar-refractivity contribution in [2.24, 2.45) is 0 Å². The summed E-state index contributed by atoms with van der Waals surface area (Å²) < 4.78 is 0. The van der Waals surface area contributed by atoms with E-state index in [1.54, 1.807) is 0 Å². The van der Waals surface area contributed by atoms with E-state index in [1.165, 1.54) is 6.08 Å². The number of amides is 4. The molecule has 1 aromatic rings. The predicted molar refractivity (Wildman–Crippen MR) is 82.0 cm³/mol. The lowest BCUT2D eigenvalue weighted by Crippen LogP contribution is -2.41. The van der Waals surface area contributed by atoms with Crippen molar-refractivity contribution in [2.75, 3.05) is 13.1 Å². The molecular formula is C16H19N3O3. The average Bonchev–Trinajstić information content (AvgIpc) is 2.79. The number of carbonyl (C=O) groups is 3. The number of hydrogen-bond acceptors (Lipinski definition) is 3. The molecule has 0 saturated carbocycles. The third-order valence-corrected chi connectivity index (χ3v) is 3.42. The first kappa shape index (κ1) is 15.8. The van der Waals surface area contributed by atoms with Crippen LogP contribution < -0.4 is 10.6 Å². The molecule has 22 heavy (non-hydrogen) atoms. The second kappa shape index (κ2) is 7.40. The molecule has 116 valence electrons. The Labute approximate surface area is 129 Å². The first-order valence-electron chi connectivity index (χ1n) is 7.15. The van der Waals surface area contributed by atoms with Crippen molar-refractivity contribution in [2.45, 2.75) is 18.9 Å². The molecule has 6 nitrogen and oxygen atoms in total. The van der Waals surface area contributed by atoms with E-state index >= 15 is 0 Å². The number of benzene rings is 1. The lowest BCUT2D eigenvalue weighted by atomic mass is 10.1. The van der Waals surface area contributed by atoms with Gasteiger partial charge in [0.15, 0.2) is 0 Å². The zero-order valence-electron chi connectivity index (χ0n) is 12.2. The van der Waals surface area contributed by atoms with E-state index in [1.807, 2.05) is 30.3 Å². The molecule has 1 heterocycles. The number of aryl methyl sites for hydroxylation is 1. The summed E-state index contributed by atoms with van der Waals surface area (Å²) in [7, 11) is 0. The monoisotopic (exact) mass is 301 g/mol. The van der Waals surface area contributed by atoms with E-state index < -0.39 is 12.1 Å². The number of rotatable bonds is 7. The van der Waals surface area contributed by atoms with Crippen LogP contribution in [0.2, 0.25) is 0 Å². The first-order valence-corrected chi connectivity index (χ1v) is 7.15. The van der Waals surface area contributed by atoms with Crippen molar-refractivity contribution < 1.29 is 14.4 Å². The van der Waals surface area contributed by atoms with Crippen molar-refractivity contribution in [1.82, 2.24) is 15.5 Å². The molecule has 0 aliphatic carbocycles. The highest BCUT2D eigenvalue weighted by Crippen LogP contribution is 2.12. The van der Waals surface area contributed by atoms with Gasteiger partial charge in [0.1, 0.15) is 12.6 Å². The summed E-state index contributed by atoms with van der Waals surface area (Å²) in [6.07, 6.45) is 2.74. The molecule has 1 aromatic carbocycles. The fourth-order valence-corrected chi connectivity index (χ4v) is 2.26. The van der Waals surface area contributed by atoms with Crippen molar-refractivity contribution in [1.29, 1.82) is 0 Å². The summed E-state index contributed by atoms with van der Waals surface area (Å²) in [6, 6.07) is 8.65. The van der Waals surface area contributed by atoms with Crippen LogP contribution in [0.15, 0.2) is 43.0 Å². The van der Waals surface area contributed by atoms with E-state index in [9.17, 15) is 14.4 Å². The average molecular weight is 301 g/mol. The van der Waals surface area contributed by atoms with Gasteiger partial charge in [-0.2, -0.15) is 0 Å². The van der Waals surface area contributed by atoms with Crippen LogP contribution in [0.3, 0.4) is 0 Å². The highest BCUT2D eigenvalue weighted by molar-refractivity contribution is 6.06. The summed E-state index contributed by atoms with van der Waals surface area (Å²) >= 11 is 0. The molecule has 2 N–H and O–H groups in total. The van der Waals surface area contributed by atoms with Gasteiger partial charge in [0, 0.05) is 6.54 Å². The highest BCUT2D eigenvalue weighted by atomic mass is 16.2. The lowest BCUT2D eigenvalue weighted by molar-refractivity contribution is -0.132. The second-order valence-corrected chi connectivity index (χ2v) is 5.04. The molecule has 0 aromatic heterocycles. The second-order valence-electron chi connectivity index (χ2n) is 5.04. The Balaban J connectivity index is 1.88. The number of carbonyl (C=O) groups excluding carboxylic acids is 3. The number of imide groups is 1. The third-order valence-electron chi connectivity index (χ3n) is 3.42. The largest absolute Gasteiger partial charge is 0.351 e. The van der Waals surface area contributed by atoms with Crippen LogP contribution >= 0.6 is 0 Å². The van der Waals surface area contributed by atoms with E-state index in [-0.39, 0.29) is 18.4 Å². The summed E-state index contributed by atoms with van der Waals surface area (Å²) in [5.74, 6) is -0.734. The maximum absolute atomic E-state index is 12.2. The maximum atomic E-state index is 12.2. The quantitative estimate of drug-likeness (QED) is 0.579. The predicted octanol–water partition coefficient (Wildman–Crippen LogP) is 0.842. The molecule has 1 aliphatic rings. The van der Waals surface area contributed by atoms with Gasteiger partial charge in [-0.3, -0.25) is 14.5 Å². The Morgan fingerprint density at radius 3 is 2.73 bits per heavy atom. The minimum atomic E-state index is -0.570. The number of urea groups is 1. The molecule has 0 radical (unpaired) electrons. The number of nitrogens with one attached hydrogen (secondary N) is 2. The van der Waals surface area contributed by atoms with E-state index in [4.69, 9.17) is 0 Å². The lowest BCUT2D eigenvalue weighted by Gasteiger charge is -2.12. The van der Waals surface area contributed by atoms with Gasteiger partial charge < -0.3 is 10.6 Å². The van der Waals surface area contributed by atoms with Crippen LogP contribution in [0.25, 0.3) is 0 Å². The Kier molecular flexibility index (Phi) is 5.30. The summed E-state index contributed by atoms with van der Waals surface area (Å²) in [4.78, 5) is 36.6. The Bertz CT molecular complexity index is 571. The highest BCUT2D eigenvalue weighted by Gasteiger charge is 2.38. The van der Waals surface area contributed by atoms with Crippen molar-refractivity contribution >= 4 is 17.8 Å². The summed E-state index contributed by atoms with van der Waals surface area (Å²) in [6.45, 7) is 3.53. The van der Waals surface area contributed by atoms with Crippen LogP contribution in [0, 0.1) is 0 Å². The number of hydrogen-bond donors (Lipinski definition) is 2. The normalized spacial score (nSPS) is 17.3. The van der Waals surface area contributed by atoms with Gasteiger partial charge in [0.05, 0.1) is 0 Å². The van der Waals surface area contributed by atoms with E-state index in [0.717, 1.165) is 10.5 Å². The van der Waals surface area contributed by atoms with Gasteiger partial charge in [0.25, 0.3) is 5.91 Å². The molecule has 1 aliphatic heterocycles. The van der Waals surface area contributed by atoms with Gasteiger partial charge in [0.2, 0.25) is 5.91 Å². The Morgan fingerprint density at radius 2 is 2.05 bits per heavy atom. The minimum absolute atomic E-state index is 0.264. The molecular weight excluding hydrogens is 282 g/mol. The molecule has 0 unspecified atom stereocenters. The van der Waals surface area contributed by atoms with Gasteiger partial charge in [-0.15, -0.1) is 6.58 Å². The minimum Gasteiger partial charge on any atom is -0.351 e.